The van der Waals surface area contributed by atoms with E-state index in [1.807, 2.05) is 0 Å². The number of carbonyl (C=O) groups excluding carboxylic acids is 1. The Morgan fingerprint density at radius 2 is 2.21 bits per heavy atom. The highest BCUT2D eigenvalue weighted by Crippen LogP contribution is 2.24. The van der Waals surface area contributed by atoms with E-state index in [0.717, 1.165) is 0 Å². The van der Waals surface area contributed by atoms with Crippen molar-refractivity contribution < 1.29 is 19.1 Å². The SMILES string of the molecule is O=C(O)C1CSCCN1C(=O)c1ccc(F)cc1Br. The molecule has 1 aromatic carbocycles. The van der Waals surface area contributed by atoms with Gasteiger partial charge >= 0.3 is 5.97 Å². The molecule has 4 nitrogen and oxygen atoms in total. The highest BCUT2D eigenvalue weighted by Gasteiger charge is 2.33. The van der Waals surface area contributed by atoms with E-state index in [2.05, 4.69) is 15.9 Å². The summed E-state index contributed by atoms with van der Waals surface area (Å²) < 4.78 is 13.3. The van der Waals surface area contributed by atoms with Gasteiger partial charge in [0.2, 0.25) is 0 Å². The summed E-state index contributed by atoms with van der Waals surface area (Å²) in [5.41, 5.74) is 0.277. The Bertz CT molecular complexity index is 526. The minimum absolute atomic E-state index is 0.277. The van der Waals surface area contributed by atoms with Crippen LogP contribution in [0.1, 0.15) is 10.4 Å². The van der Waals surface area contributed by atoms with Crippen LogP contribution in [-0.2, 0) is 4.79 Å². The molecule has 1 unspecified atom stereocenters. The molecule has 1 heterocycles. The molecule has 1 aliphatic rings. The smallest absolute Gasteiger partial charge is 0.327 e. The van der Waals surface area contributed by atoms with Crippen molar-refractivity contribution in [3.8, 4) is 0 Å². The number of hydrogen-bond donors (Lipinski definition) is 1. The lowest BCUT2D eigenvalue weighted by Gasteiger charge is -2.32. The summed E-state index contributed by atoms with van der Waals surface area (Å²) in [5, 5.41) is 9.14. The number of amides is 1. The number of halogens is 2. The average molecular weight is 348 g/mol. The van der Waals surface area contributed by atoms with Crippen molar-refractivity contribution in [1.82, 2.24) is 4.90 Å². The number of hydrogen-bond acceptors (Lipinski definition) is 3. The number of aliphatic carboxylic acids is 1. The Morgan fingerprint density at radius 3 is 2.84 bits per heavy atom. The molecule has 1 fully saturated rings. The summed E-state index contributed by atoms with van der Waals surface area (Å²) in [7, 11) is 0. The summed E-state index contributed by atoms with van der Waals surface area (Å²) in [6.45, 7) is 0.379. The van der Waals surface area contributed by atoms with Crippen molar-refractivity contribution in [3.63, 3.8) is 0 Å². The molecule has 2 rings (SSSR count). The van der Waals surface area contributed by atoms with Gasteiger partial charge in [-0.15, -0.1) is 0 Å². The molecular formula is C12H11BrFNO3S. The van der Waals surface area contributed by atoms with E-state index < -0.39 is 17.8 Å². The zero-order valence-corrected chi connectivity index (χ0v) is 12.2. The van der Waals surface area contributed by atoms with Gasteiger partial charge in [0, 0.05) is 22.5 Å². The first-order chi connectivity index (χ1) is 9.00. The number of nitrogens with zero attached hydrogens (tertiary/aromatic N) is 1. The van der Waals surface area contributed by atoms with Crippen molar-refractivity contribution in [2.24, 2.45) is 0 Å². The highest BCUT2D eigenvalue weighted by atomic mass is 79.9. The van der Waals surface area contributed by atoms with Gasteiger partial charge in [0.1, 0.15) is 11.9 Å². The van der Waals surface area contributed by atoms with Gasteiger partial charge in [-0.3, -0.25) is 4.79 Å². The van der Waals surface area contributed by atoms with Gasteiger partial charge in [-0.25, -0.2) is 9.18 Å². The third-order valence-electron chi connectivity index (χ3n) is 2.84. The summed E-state index contributed by atoms with van der Waals surface area (Å²) in [4.78, 5) is 24.8. The van der Waals surface area contributed by atoms with Crippen molar-refractivity contribution in [2.45, 2.75) is 6.04 Å². The zero-order valence-electron chi connectivity index (χ0n) is 9.81. The van der Waals surface area contributed by atoms with E-state index >= 15 is 0 Å². The van der Waals surface area contributed by atoms with Crippen molar-refractivity contribution >= 4 is 39.6 Å². The third-order valence-corrected chi connectivity index (χ3v) is 4.51. The van der Waals surface area contributed by atoms with Crippen molar-refractivity contribution in [2.75, 3.05) is 18.1 Å². The van der Waals surface area contributed by atoms with Gasteiger partial charge in [0.15, 0.2) is 0 Å². The molecule has 0 aliphatic carbocycles. The van der Waals surface area contributed by atoms with Crippen LogP contribution in [0.2, 0.25) is 0 Å². The van der Waals surface area contributed by atoms with Crippen molar-refractivity contribution in [1.29, 1.82) is 0 Å². The number of rotatable bonds is 2. The fourth-order valence-corrected chi connectivity index (χ4v) is 3.43. The van der Waals surface area contributed by atoms with Crippen LogP contribution < -0.4 is 0 Å². The van der Waals surface area contributed by atoms with E-state index in [9.17, 15) is 14.0 Å². The first-order valence-electron chi connectivity index (χ1n) is 5.57. The van der Waals surface area contributed by atoms with Gasteiger partial charge in [-0.1, -0.05) is 0 Å². The van der Waals surface area contributed by atoms with Crippen LogP contribution in [0.25, 0.3) is 0 Å². The Balaban J connectivity index is 2.28. The lowest BCUT2D eigenvalue weighted by molar-refractivity contribution is -0.141. The van der Waals surface area contributed by atoms with Crippen molar-refractivity contribution in [3.05, 3.63) is 34.1 Å². The molecule has 1 amide bonds. The predicted molar refractivity (Wildman–Crippen MR) is 73.9 cm³/mol. The van der Waals surface area contributed by atoms with E-state index in [-0.39, 0.29) is 11.5 Å². The summed E-state index contributed by atoms with van der Waals surface area (Å²) in [6.07, 6.45) is 0. The fraction of sp³-hybridized carbons (Fsp3) is 0.333. The average Bonchev–Trinajstić information content (AvgIpc) is 2.38. The lowest BCUT2D eigenvalue weighted by atomic mass is 10.1. The molecule has 1 saturated heterocycles. The normalized spacial score (nSPS) is 19.3. The molecule has 0 bridgehead atoms. The van der Waals surface area contributed by atoms with E-state index in [1.165, 1.54) is 34.9 Å². The van der Waals surface area contributed by atoms with Gasteiger partial charge in [-0.05, 0) is 34.1 Å². The monoisotopic (exact) mass is 347 g/mol. The second-order valence-electron chi connectivity index (χ2n) is 4.05. The molecule has 0 spiro atoms. The Kier molecular flexibility index (Phi) is 4.46. The summed E-state index contributed by atoms with van der Waals surface area (Å²) in [6, 6.07) is 2.92. The molecular weight excluding hydrogens is 337 g/mol. The van der Waals surface area contributed by atoms with Crippen LogP contribution in [0.15, 0.2) is 22.7 Å². The Hall–Kier alpha value is -1.08. The van der Waals surface area contributed by atoms with Gasteiger partial charge < -0.3 is 10.0 Å². The van der Waals surface area contributed by atoms with Gasteiger partial charge in [0.25, 0.3) is 5.91 Å². The second-order valence-corrected chi connectivity index (χ2v) is 6.06. The molecule has 0 aromatic heterocycles. The van der Waals surface area contributed by atoms with Crippen LogP contribution in [0, 0.1) is 5.82 Å². The molecule has 1 N–H and O–H groups in total. The molecule has 1 aliphatic heterocycles. The minimum Gasteiger partial charge on any atom is -0.480 e. The fourth-order valence-electron chi connectivity index (χ4n) is 1.87. The standard InChI is InChI=1S/C12H11BrFNO3S/c13-9-5-7(14)1-2-8(9)11(16)15-3-4-19-6-10(15)12(17)18/h1-2,5,10H,3-4,6H2,(H,17,18). The Labute approximate surface area is 122 Å². The minimum atomic E-state index is -1.02. The number of thioether (sulfide) groups is 1. The quantitative estimate of drug-likeness (QED) is 0.891. The van der Waals surface area contributed by atoms with Crippen LogP contribution in [0.3, 0.4) is 0 Å². The van der Waals surface area contributed by atoms with Crippen LogP contribution >= 0.6 is 27.7 Å². The zero-order chi connectivity index (χ0) is 14.0. The summed E-state index contributed by atoms with van der Waals surface area (Å²) in [5.74, 6) is -0.778. The summed E-state index contributed by atoms with van der Waals surface area (Å²) >= 11 is 4.64. The lowest BCUT2D eigenvalue weighted by Crippen LogP contribution is -2.50. The predicted octanol–water partition coefficient (Wildman–Crippen LogP) is 2.23. The van der Waals surface area contributed by atoms with E-state index in [4.69, 9.17) is 5.11 Å². The largest absolute Gasteiger partial charge is 0.480 e. The number of benzene rings is 1. The van der Waals surface area contributed by atoms with Crippen LogP contribution in [-0.4, -0.2) is 46.0 Å². The number of carboxylic acid groups (broad SMARTS) is 1. The topological polar surface area (TPSA) is 57.6 Å². The molecule has 0 saturated carbocycles. The first kappa shape index (κ1) is 14.3. The third kappa shape index (κ3) is 3.09. The van der Waals surface area contributed by atoms with Crippen LogP contribution in [0.4, 0.5) is 4.39 Å². The van der Waals surface area contributed by atoms with E-state index in [1.54, 1.807) is 0 Å². The molecule has 102 valence electrons. The Morgan fingerprint density at radius 1 is 1.47 bits per heavy atom. The second kappa shape index (κ2) is 5.92. The molecule has 0 radical (unpaired) electrons. The molecule has 19 heavy (non-hydrogen) atoms. The maximum absolute atomic E-state index is 13.0. The first-order valence-corrected chi connectivity index (χ1v) is 7.52. The number of carboxylic acids is 1. The molecule has 7 heteroatoms. The maximum Gasteiger partial charge on any atom is 0.327 e. The van der Waals surface area contributed by atoms with E-state index in [0.29, 0.717) is 22.5 Å². The molecule has 1 atom stereocenters. The molecule has 1 aromatic rings. The highest BCUT2D eigenvalue weighted by molar-refractivity contribution is 9.10. The maximum atomic E-state index is 13.0. The van der Waals surface area contributed by atoms with Gasteiger partial charge in [0.05, 0.1) is 5.56 Å². The van der Waals surface area contributed by atoms with Gasteiger partial charge in [-0.2, -0.15) is 11.8 Å². The number of carbonyl (C=O) groups is 2. The van der Waals surface area contributed by atoms with Crippen LogP contribution in [0.5, 0.6) is 0 Å².